The molecule has 1 aromatic carbocycles. The molecule has 144 valence electrons. The number of allylic oxidation sites excluding steroid dienone is 6. The summed E-state index contributed by atoms with van der Waals surface area (Å²) in [5, 5.41) is 2.79. The Morgan fingerprint density at radius 1 is 1.19 bits per heavy atom. The minimum Gasteiger partial charge on any atom is -0.493 e. The summed E-state index contributed by atoms with van der Waals surface area (Å²) in [6, 6.07) is 3.71. The Hall–Kier alpha value is -2.70. The predicted molar refractivity (Wildman–Crippen MR) is 98.4 cm³/mol. The Morgan fingerprint density at radius 2 is 1.85 bits per heavy atom. The Labute approximate surface area is 156 Å². The molecule has 0 saturated heterocycles. The number of benzene rings is 1. The number of hydrogen-bond acceptors (Lipinski definition) is 4. The van der Waals surface area contributed by atoms with Gasteiger partial charge in [0.25, 0.3) is 0 Å². The fraction of sp³-hybridized carbons (Fsp3) is 0.350. The number of rotatable bonds is 4. The second-order valence-corrected chi connectivity index (χ2v) is 6.37. The van der Waals surface area contributed by atoms with Crippen LogP contribution in [0.3, 0.4) is 0 Å². The van der Waals surface area contributed by atoms with Gasteiger partial charge in [-0.2, -0.15) is 0 Å². The standard InChI is InChI=1S/C20H21F3N2O2/c1-10(25-20-15(22)7-12(21)8-16(20)23)13-5-11-6-17(26-3)18(27-4)9-14(11)19(13)24-2/h6-7,9,16,25H,5,8H2,1-4H3/b13-10+,24-19+. The van der Waals surface area contributed by atoms with Crippen LogP contribution in [-0.4, -0.2) is 33.2 Å². The van der Waals surface area contributed by atoms with Gasteiger partial charge in [0.2, 0.25) is 0 Å². The maximum atomic E-state index is 14.1. The first-order valence-corrected chi connectivity index (χ1v) is 8.48. The van der Waals surface area contributed by atoms with E-state index in [2.05, 4.69) is 10.3 Å². The van der Waals surface area contributed by atoms with Gasteiger partial charge < -0.3 is 14.8 Å². The third-order valence-electron chi connectivity index (χ3n) is 4.74. The van der Waals surface area contributed by atoms with Crippen molar-refractivity contribution in [2.75, 3.05) is 21.3 Å². The van der Waals surface area contributed by atoms with Gasteiger partial charge >= 0.3 is 0 Å². The summed E-state index contributed by atoms with van der Waals surface area (Å²) in [7, 11) is 4.77. The fourth-order valence-electron chi connectivity index (χ4n) is 3.40. The smallest absolute Gasteiger partial charge is 0.161 e. The summed E-state index contributed by atoms with van der Waals surface area (Å²) in [5.74, 6) is -0.557. The van der Waals surface area contributed by atoms with E-state index in [9.17, 15) is 13.2 Å². The minimum absolute atomic E-state index is 0.261. The largest absolute Gasteiger partial charge is 0.493 e. The molecule has 0 radical (unpaired) electrons. The number of alkyl halides is 1. The zero-order valence-electron chi connectivity index (χ0n) is 15.6. The zero-order chi connectivity index (χ0) is 19.7. The molecule has 7 heteroatoms. The van der Waals surface area contributed by atoms with Crippen LogP contribution in [0.4, 0.5) is 13.2 Å². The van der Waals surface area contributed by atoms with Crippen LogP contribution >= 0.6 is 0 Å². The van der Waals surface area contributed by atoms with Crippen molar-refractivity contribution < 1.29 is 22.6 Å². The summed E-state index contributed by atoms with van der Waals surface area (Å²) >= 11 is 0. The van der Waals surface area contributed by atoms with Crippen LogP contribution in [0.2, 0.25) is 0 Å². The van der Waals surface area contributed by atoms with E-state index >= 15 is 0 Å². The van der Waals surface area contributed by atoms with Crippen LogP contribution in [0.15, 0.2) is 51.8 Å². The number of ether oxygens (including phenoxy) is 2. The molecule has 0 heterocycles. The number of nitrogens with one attached hydrogen (secondary N) is 1. The molecule has 2 aliphatic rings. The van der Waals surface area contributed by atoms with Crippen molar-refractivity contribution >= 4 is 5.71 Å². The molecule has 0 spiro atoms. The monoisotopic (exact) mass is 378 g/mol. The fourth-order valence-corrected chi connectivity index (χ4v) is 3.40. The van der Waals surface area contributed by atoms with Gasteiger partial charge in [0.05, 0.1) is 25.6 Å². The summed E-state index contributed by atoms with van der Waals surface area (Å²) in [5.41, 5.74) is 3.68. The average Bonchev–Trinajstić information content (AvgIpc) is 3.00. The van der Waals surface area contributed by atoms with E-state index in [1.807, 2.05) is 12.1 Å². The van der Waals surface area contributed by atoms with E-state index in [1.54, 1.807) is 28.2 Å². The van der Waals surface area contributed by atoms with E-state index in [0.29, 0.717) is 35.4 Å². The number of methoxy groups -OCH3 is 2. The highest BCUT2D eigenvalue weighted by Crippen LogP contribution is 2.38. The Kier molecular flexibility index (Phi) is 5.30. The molecule has 3 rings (SSSR count). The number of nitrogens with zero attached hydrogens (tertiary/aromatic N) is 1. The number of hydrogen-bond donors (Lipinski definition) is 1. The van der Waals surface area contributed by atoms with Gasteiger partial charge in [0.1, 0.15) is 17.8 Å². The SMILES string of the molecule is C/N=C1\C(=C(/C)NC2=C(F)C=C(F)CC2F)Cc2cc(OC)c(OC)cc21. The molecule has 0 aromatic heterocycles. The van der Waals surface area contributed by atoms with Crippen molar-refractivity contribution in [2.24, 2.45) is 4.99 Å². The van der Waals surface area contributed by atoms with E-state index in [1.165, 1.54) is 0 Å². The topological polar surface area (TPSA) is 42.9 Å². The molecular weight excluding hydrogens is 357 g/mol. The number of halogens is 3. The minimum atomic E-state index is -1.75. The Balaban J connectivity index is 2.00. The lowest BCUT2D eigenvalue weighted by molar-refractivity contribution is 0.329. The number of fused-ring (bicyclic) bond motifs is 1. The summed E-state index contributed by atoms with van der Waals surface area (Å²) in [6.45, 7) is 1.72. The molecule has 4 nitrogen and oxygen atoms in total. The first-order valence-electron chi connectivity index (χ1n) is 8.48. The second-order valence-electron chi connectivity index (χ2n) is 6.37. The lowest BCUT2D eigenvalue weighted by Gasteiger charge is -2.20. The van der Waals surface area contributed by atoms with Gasteiger partial charge in [-0.3, -0.25) is 4.99 Å². The molecule has 1 aromatic rings. The van der Waals surface area contributed by atoms with Crippen LogP contribution in [0, 0.1) is 0 Å². The van der Waals surface area contributed by atoms with E-state index in [-0.39, 0.29) is 5.70 Å². The van der Waals surface area contributed by atoms with Crippen LogP contribution in [-0.2, 0) is 6.42 Å². The van der Waals surface area contributed by atoms with Crippen LogP contribution in [0.5, 0.6) is 11.5 Å². The molecule has 0 fully saturated rings. The Bertz CT molecular complexity index is 901. The van der Waals surface area contributed by atoms with Crippen molar-refractivity contribution in [1.82, 2.24) is 5.32 Å². The highest BCUT2D eigenvalue weighted by atomic mass is 19.2. The first-order chi connectivity index (χ1) is 12.9. The van der Waals surface area contributed by atoms with Crippen molar-refractivity contribution in [1.29, 1.82) is 0 Å². The lowest BCUT2D eigenvalue weighted by atomic mass is 10.0. The van der Waals surface area contributed by atoms with Gasteiger partial charge in [-0.1, -0.05) is 0 Å². The highest BCUT2D eigenvalue weighted by Gasteiger charge is 2.29. The van der Waals surface area contributed by atoms with E-state index in [0.717, 1.165) is 16.7 Å². The van der Waals surface area contributed by atoms with Crippen molar-refractivity contribution in [2.45, 2.75) is 25.9 Å². The van der Waals surface area contributed by atoms with Gasteiger partial charge in [-0.15, -0.1) is 0 Å². The van der Waals surface area contributed by atoms with E-state index in [4.69, 9.17) is 9.47 Å². The maximum absolute atomic E-state index is 14.1. The molecule has 27 heavy (non-hydrogen) atoms. The molecule has 1 atom stereocenters. The van der Waals surface area contributed by atoms with Gasteiger partial charge in [0, 0.05) is 42.8 Å². The van der Waals surface area contributed by atoms with Crippen molar-refractivity contribution in [3.05, 3.63) is 58.0 Å². The van der Waals surface area contributed by atoms with Gasteiger partial charge in [-0.05, 0) is 24.6 Å². The molecule has 0 saturated carbocycles. The summed E-state index contributed by atoms with van der Waals surface area (Å²) in [6.07, 6.45) is -0.986. The normalized spacial score (nSPS) is 22.6. The first kappa shape index (κ1) is 19.1. The van der Waals surface area contributed by atoms with Crippen molar-refractivity contribution in [3.8, 4) is 11.5 Å². The molecule has 0 amide bonds. The van der Waals surface area contributed by atoms with Crippen LogP contribution in [0.25, 0.3) is 0 Å². The van der Waals surface area contributed by atoms with Crippen molar-refractivity contribution in [3.63, 3.8) is 0 Å². The van der Waals surface area contributed by atoms with Gasteiger partial charge in [0.15, 0.2) is 11.5 Å². The molecule has 2 aliphatic carbocycles. The molecular formula is C20H21F3N2O2. The quantitative estimate of drug-likeness (QED) is 0.849. The highest BCUT2D eigenvalue weighted by molar-refractivity contribution is 6.17. The van der Waals surface area contributed by atoms with Gasteiger partial charge in [-0.25, -0.2) is 13.2 Å². The third kappa shape index (κ3) is 3.46. The molecule has 0 aliphatic heterocycles. The number of aliphatic imine (C=N–C) groups is 1. The summed E-state index contributed by atoms with van der Waals surface area (Å²) in [4.78, 5) is 4.35. The average molecular weight is 378 g/mol. The molecule has 1 N–H and O–H groups in total. The Morgan fingerprint density at radius 3 is 2.44 bits per heavy atom. The van der Waals surface area contributed by atoms with Crippen LogP contribution < -0.4 is 14.8 Å². The molecule has 1 unspecified atom stereocenters. The molecule has 0 bridgehead atoms. The lowest BCUT2D eigenvalue weighted by Crippen LogP contribution is -2.25. The predicted octanol–water partition coefficient (Wildman–Crippen LogP) is 4.32. The second kappa shape index (κ2) is 7.50. The van der Waals surface area contributed by atoms with Crippen LogP contribution in [0.1, 0.15) is 24.5 Å². The zero-order valence-corrected chi connectivity index (χ0v) is 15.6. The third-order valence-corrected chi connectivity index (χ3v) is 4.74. The maximum Gasteiger partial charge on any atom is 0.161 e. The van der Waals surface area contributed by atoms with E-state index < -0.39 is 24.2 Å². The summed E-state index contributed by atoms with van der Waals surface area (Å²) < 4.78 is 52.0.